The third-order valence-corrected chi connectivity index (χ3v) is 4.21. The number of aromatic nitrogens is 2. The number of ether oxygens (including phenoxy) is 1. The molecule has 7 nitrogen and oxygen atoms in total. The van der Waals surface area contributed by atoms with Gasteiger partial charge in [0.25, 0.3) is 5.56 Å². The highest BCUT2D eigenvalue weighted by molar-refractivity contribution is 6.01. The Balaban J connectivity index is 2.30. The number of fused-ring (bicyclic) bond motifs is 1. The van der Waals surface area contributed by atoms with Gasteiger partial charge in [-0.2, -0.15) is 22.0 Å². The van der Waals surface area contributed by atoms with Gasteiger partial charge in [-0.05, 0) is 6.07 Å². The summed E-state index contributed by atoms with van der Waals surface area (Å²) in [6.07, 6.45) is -8.27. The van der Waals surface area contributed by atoms with Gasteiger partial charge >= 0.3 is 23.9 Å². The molecule has 2 aromatic rings. The van der Waals surface area contributed by atoms with Crippen LogP contribution >= 0.6 is 0 Å². The molecule has 13 heteroatoms. The number of alkyl halides is 5. The van der Waals surface area contributed by atoms with Crippen molar-refractivity contribution in [1.82, 2.24) is 9.13 Å². The number of amides is 1. The predicted molar refractivity (Wildman–Crippen MR) is 90.4 cm³/mol. The Morgan fingerprint density at radius 1 is 1.13 bits per heavy atom. The number of nitrogens with zero attached hydrogens (tertiary/aromatic N) is 3. The lowest BCUT2D eigenvalue weighted by Gasteiger charge is -2.33. The first-order valence-corrected chi connectivity index (χ1v) is 8.03. The number of benzene rings is 1. The largest absolute Gasteiger partial charge is 0.482 e. The Kier molecular flexibility index (Phi) is 4.79. The minimum Gasteiger partial charge on any atom is -0.423 e. The standard InChI is InChI=1S/C17H11F6N3O4/c1-3-4-25-10-6-9(8(18)5-11(10)30-17(22,23)14(25)28)26-13(27)7-12(16(19,20)21)24(2)15(26)29/h3,5-7H,1,4H2,2H3. The second kappa shape index (κ2) is 6.78. The lowest BCUT2D eigenvalue weighted by Crippen LogP contribution is -2.51. The smallest absolute Gasteiger partial charge is 0.423 e. The molecule has 0 bridgehead atoms. The molecule has 1 aromatic carbocycles. The molecule has 1 aliphatic rings. The van der Waals surface area contributed by atoms with Gasteiger partial charge in [0, 0.05) is 25.7 Å². The van der Waals surface area contributed by atoms with E-state index in [4.69, 9.17) is 0 Å². The van der Waals surface area contributed by atoms with Crippen LogP contribution in [-0.4, -0.2) is 27.7 Å². The Morgan fingerprint density at radius 2 is 1.77 bits per heavy atom. The third-order valence-electron chi connectivity index (χ3n) is 4.21. The van der Waals surface area contributed by atoms with Gasteiger partial charge in [-0.15, -0.1) is 6.58 Å². The molecule has 30 heavy (non-hydrogen) atoms. The van der Waals surface area contributed by atoms with E-state index in [-0.39, 0.29) is 15.2 Å². The number of anilines is 1. The number of rotatable bonds is 3. The number of halogens is 6. The molecule has 2 heterocycles. The van der Waals surface area contributed by atoms with E-state index in [9.17, 15) is 40.7 Å². The third kappa shape index (κ3) is 3.25. The van der Waals surface area contributed by atoms with Crippen LogP contribution in [0, 0.1) is 5.82 Å². The molecule has 0 spiro atoms. The van der Waals surface area contributed by atoms with E-state index >= 15 is 0 Å². The molecule has 0 saturated carbocycles. The molecule has 0 atom stereocenters. The summed E-state index contributed by atoms with van der Waals surface area (Å²) in [7, 11) is 0.717. The summed E-state index contributed by atoms with van der Waals surface area (Å²) in [6, 6.07) is 1.15. The topological polar surface area (TPSA) is 73.5 Å². The number of carbonyl (C=O) groups is 1. The summed E-state index contributed by atoms with van der Waals surface area (Å²) < 4.78 is 85.4. The van der Waals surface area contributed by atoms with Crippen molar-refractivity contribution in [3.8, 4) is 11.4 Å². The molecule has 0 radical (unpaired) electrons. The second-order valence-corrected chi connectivity index (χ2v) is 6.14. The van der Waals surface area contributed by atoms with Gasteiger partial charge in [0.15, 0.2) is 11.6 Å². The monoisotopic (exact) mass is 435 g/mol. The lowest BCUT2D eigenvalue weighted by molar-refractivity contribution is -0.192. The lowest BCUT2D eigenvalue weighted by atomic mass is 10.2. The molecule has 1 aromatic heterocycles. The molecule has 0 N–H and O–H groups in total. The molecular formula is C17H11F6N3O4. The van der Waals surface area contributed by atoms with Gasteiger partial charge in [0.1, 0.15) is 5.69 Å². The fourth-order valence-corrected chi connectivity index (χ4v) is 2.87. The highest BCUT2D eigenvalue weighted by Crippen LogP contribution is 2.41. The number of hydrogen-bond donors (Lipinski definition) is 0. The summed E-state index contributed by atoms with van der Waals surface area (Å²) in [5, 5.41) is 0. The van der Waals surface area contributed by atoms with E-state index < -0.39 is 64.6 Å². The van der Waals surface area contributed by atoms with Crippen molar-refractivity contribution < 1.29 is 35.9 Å². The Hall–Kier alpha value is -3.51. The molecule has 0 aliphatic carbocycles. The maximum Gasteiger partial charge on any atom is 0.482 e. The van der Waals surface area contributed by atoms with Crippen molar-refractivity contribution in [2.45, 2.75) is 12.3 Å². The van der Waals surface area contributed by atoms with Crippen LogP contribution in [0.5, 0.6) is 5.75 Å². The summed E-state index contributed by atoms with van der Waals surface area (Å²) >= 11 is 0. The van der Waals surface area contributed by atoms with E-state index in [0.717, 1.165) is 6.08 Å². The van der Waals surface area contributed by atoms with Gasteiger partial charge in [0.2, 0.25) is 0 Å². The van der Waals surface area contributed by atoms with Crippen LogP contribution in [-0.2, 0) is 18.0 Å². The van der Waals surface area contributed by atoms with Crippen LogP contribution < -0.4 is 20.9 Å². The highest BCUT2D eigenvalue weighted by Gasteiger charge is 2.50. The van der Waals surface area contributed by atoms with Gasteiger partial charge in [-0.1, -0.05) is 6.08 Å². The van der Waals surface area contributed by atoms with Crippen LogP contribution in [0.25, 0.3) is 5.69 Å². The van der Waals surface area contributed by atoms with Crippen LogP contribution in [0.1, 0.15) is 5.69 Å². The average molecular weight is 435 g/mol. The Bertz CT molecular complexity index is 1180. The quantitative estimate of drug-likeness (QED) is 0.548. The first kappa shape index (κ1) is 21.2. The van der Waals surface area contributed by atoms with Crippen molar-refractivity contribution >= 4 is 11.6 Å². The molecular weight excluding hydrogens is 424 g/mol. The van der Waals surface area contributed by atoms with E-state index in [0.29, 0.717) is 24.1 Å². The van der Waals surface area contributed by atoms with E-state index in [1.165, 1.54) is 0 Å². The molecule has 3 rings (SSSR count). The molecule has 160 valence electrons. The van der Waals surface area contributed by atoms with Crippen molar-refractivity contribution in [3.05, 3.63) is 63.2 Å². The summed E-state index contributed by atoms with van der Waals surface area (Å²) in [5.41, 5.74) is -5.93. The van der Waals surface area contributed by atoms with Gasteiger partial charge in [-0.25, -0.2) is 13.8 Å². The van der Waals surface area contributed by atoms with E-state index in [2.05, 4.69) is 11.3 Å². The second-order valence-electron chi connectivity index (χ2n) is 6.14. The minimum atomic E-state index is -5.03. The van der Waals surface area contributed by atoms with Crippen LogP contribution in [0.3, 0.4) is 0 Å². The Labute approximate surface area is 163 Å². The Morgan fingerprint density at radius 3 is 2.33 bits per heavy atom. The van der Waals surface area contributed by atoms with Gasteiger partial charge in [-0.3, -0.25) is 19.1 Å². The van der Waals surface area contributed by atoms with E-state index in [1.54, 1.807) is 0 Å². The number of carbonyl (C=O) groups excluding carboxylic acids is 1. The SMILES string of the molecule is C=CCN1C(=O)C(F)(F)Oc2cc(F)c(-n3c(=O)cc(C(F)(F)F)n(C)c3=O)cc21. The zero-order chi connectivity index (χ0) is 22.6. The molecule has 0 saturated heterocycles. The molecule has 0 unspecified atom stereocenters. The van der Waals surface area contributed by atoms with Crippen LogP contribution in [0.4, 0.5) is 32.0 Å². The average Bonchev–Trinajstić information content (AvgIpc) is 2.62. The normalized spacial score (nSPS) is 15.6. The molecule has 1 aliphatic heterocycles. The van der Waals surface area contributed by atoms with Crippen molar-refractivity contribution in [2.24, 2.45) is 7.05 Å². The van der Waals surface area contributed by atoms with E-state index in [1.807, 2.05) is 0 Å². The zero-order valence-electron chi connectivity index (χ0n) is 15.0. The zero-order valence-corrected chi connectivity index (χ0v) is 15.0. The van der Waals surface area contributed by atoms with Crippen LogP contribution in [0.15, 0.2) is 40.4 Å². The minimum absolute atomic E-state index is 0.0775. The summed E-state index contributed by atoms with van der Waals surface area (Å²) in [5.74, 6) is -4.02. The predicted octanol–water partition coefficient (Wildman–Crippen LogP) is 2.20. The fourth-order valence-electron chi connectivity index (χ4n) is 2.87. The number of hydrogen-bond acceptors (Lipinski definition) is 4. The first-order chi connectivity index (χ1) is 13.8. The van der Waals surface area contributed by atoms with Crippen LogP contribution in [0.2, 0.25) is 0 Å². The highest BCUT2D eigenvalue weighted by atomic mass is 19.4. The summed E-state index contributed by atoms with van der Waals surface area (Å²) in [4.78, 5) is 36.9. The maximum absolute atomic E-state index is 14.6. The molecule has 1 amide bonds. The summed E-state index contributed by atoms with van der Waals surface area (Å²) in [6.45, 7) is 2.85. The van der Waals surface area contributed by atoms with Crippen molar-refractivity contribution in [3.63, 3.8) is 0 Å². The van der Waals surface area contributed by atoms with Gasteiger partial charge in [0.05, 0.1) is 11.4 Å². The first-order valence-electron chi connectivity index (χ1n) is 8.03. The van der Waals surface area contributed by atoms with Crippen molar-refractivity contribution in [2.75, 3.05) is 11.4 Å². The maximum atomic E-state index is 14.6. The fraction of sp³-hybridized carbons (Fsp3) is 0.235. The van der Waals surface area contributed by atoms with Gasteiger partial charge < -0.3 is 4.74 Å². The molecule has 0 fully saturated rings. The van der Waals surface area contributed by atoms with Crippen molar-refractivity contribution in [1.29, 1.82) is 0 Å².